The van der Waals surface area contributed by atoms with Gasteiger partial charge in [-0.1, -0.05) is 0 Å². The molecule has 3 aromatic rings. The first-order valence-electron chi connectivity index (χ1n) is 11.5. The van der Waals surface area contributed by atoms with Gasteiger partial charge in [0.05, 0.1) is 10.6 Å². The van der Waals surface area contributed by atoms with E-state index in [2.05, 4.69) is 25.6 Å². The molecule has 0 saturated heterocycles. The number of nitro benzene ring substituents is 1. The quantitative estimate of drug-likeness (QED) is 0.132. The van der Waals surface area contributed by atoms with Crippen molar-refractivity contribution in [3.63, 3.8) is 0 Å². The lowest BCUT2D eigenvalue weighted by Gasteiger charge is -2.08. The van der Waals surface area contributed by atoms with Crippen LogP contribution in [-0.4, -0.2) is 49.7 Å². The van der Waals surface area contributed by atoms with Crippen molar-refractivity contribution in [3.05, 3.63) is 75.5 Å². The predicted octanol–water partition coefficient (Wildman–Crippen LogP) is 4.38. The number of nitrogens with one attached hydrogen (secondary N) is 3. The summed E-state index contributed by atoms with van der Waals surface area (Å²) in [6.07, 6.45) is -0.692. The number of carboxylic acid groups (broad SMARTS) is 2. The highest BCUT2D eigenvalue weighted by Crippen LogP contribution is 2.36. The van der Waals surface area contributed by atoms with E-state index in [0.29, 0.717) is 18.5 Å². The molecule has 38 heavy (non-hydrogen) atoms. The molecule has 1 aliphatic heterocycles. The van der Waals surface area contributed by atoms with Crippen LogP contribution in [0, 0.1) is 10.1 Å². The Balaban J connectivity index is 0.000000219. The van der Waals surface area contributed by atoms with Crippen LogP contribution in [0.2, 0.25) is 0 Å². The first kappa shape index (κ1) is 25.9. The van der Waals surface area contributed by atoms with Crippen molar-refractivity contribution in [2.24, 2.45) is 0 Å². The Hall–Kier alpha value is -5.14. The standard InChI is InChI=1S/C17H18N4O4.C7H5NO5/c22-16-13-4-2-11(5-10(13)8-18-16)19-15-7-14(20-21-15)9-1-3-12(6-9)25-17(23)24;9-7(10)13-6-3-1-5(2-4-6)8(11)12/h2,4-5,7,9,12H,1,3,6,8H2,(H,18,22)(H,23,24)(H2,19,20,21);1-4H,(H,9,10)/t9-,12+;/m0./s1. The number of anilines is 2. The van der Waals surface area contributed by atoms with Crippen LogP contribution in [0.5, 0.6) is 5.75 Å². The van der Waals surface area contributed by atoms with Crippen LogP contribution >= 0.6 is 0 Å². The molecule has 1 fully saturated rings. The number of carbonyl (C=O) groups is 3. The zero-order chi connectivity index (χ0) is 27.2. The molecule has 2 atom stereocenters. The van der Waals surface area contributed by atoms with Crippen LogP contribution < -0.4 is 15.4 Å². The molecule has 1 amide bonds. The minimum atomic E-state index is -1.45. The number of hydrogen-bond acceptors (Lipinski definition) is 9. The summed E-state index contributed by atoms with van der Waals surface area (Å²) in [5, 5.41) is 40.4. The maximum atomic E-state index is 11.6. The molecule has 0 unspecified atom stereocenters. The minimum absolute atomic E-state index is 0.0373. The molecule has 2 heterocycles. The number of carbonyl (C=O) groups excluding carboxylic acids is 1. The van der Waals surface area contributed by atoms with Gasteiger partial charge in [0.1, 0.15) is 17.7 Å². The van der Waals surface area contributed by atoms with Crippen molar-refractivity contribution in [3.8, 4) is 5.75 Å². The second kappa shape index (κ2) is 11.3. The number of amides is 1. The third-order valence-electron chi connectivity index (χ3n) is 5.99. The minimum Gasteiger partial charge on any atom is -0.450 e. The summed E-state index contributed by atoms with van der Waals surface area (Å²) in [7, 11) is 0. The normalized spacial score (nSPS) is 17.4. The van der Waals surface area contributed by atoms with E-state index in [1.807, 2.05) is 24.3 Å². The molecule has 2 aromatic carbocycles. The lowest BCUT2D eigenvalue weighted by Crippen LogP contribution is -2.12. The number of nitro groups is 1. The Morgan fingerprint density at radius 3 is 2.53 bits per heavy atom. The van der Waals surface area contributed by atoms with Crippen molar-refractivity contribution < 1.29 is 39.0 Å². The maximum Gasteiger partial charge on any atom is 0.511 e. The van der Waals surface area contributed by atoms with Crippen LogP contribution in [0.15, 0.2) is 48.5 Å². The van der Waals surface area contributed by atoms with Gasteiger partial charge < -0.3 is 30.3 Å². The van der Waals surface area contributed by atoms with Gasteiger partial charge in [-0.25, -0.2) is 9.59 Å². The number of benzene rings is 2. The summed E-state index contributed by atoms with van der Waals surface area (Å²) in [4.78, 5) is 41.8. The molecule has 0 spiro atoms. The number of non-ortho nitro benzene ring substituents is 1. The van der Waals surface area contributed by atoms with Crippen LogP contribution in [0.1, 0.15) is 46.8 Å². The number of aromatic amines is 1. The number of nitrogens with zero attached hydrogens (tertiary/aromatic N) is 2. The fourth-order valence-electron chi connectivity index (χ4n) is 4.27. The lowest BCUT2D eigenvalue weighted by atomic mass is 10.0. The highest BCUT2D eigenvalue weighted by Gasteiger charge is 2.30. The average Bonchev–Trinajstić information content (AvgIpc) is 3.60. The van der Waals surface area contributed by atoms with Crippen molar-refractivity contribution >= 4 is 35.4 Å². The van der Waals surface area contributed by atoms with Crippen molar-refractivity contribution in [1.82, 2.24) is 15.5 Å². The SMILES string of the molecule is O=C(O)O[C@@H]1CC[C@H](c2cc(Nc3ccc4c(c3)CNC4=O)[nH]n2)C1.O=C(O)Oc1ccc([N+](=O)[O-])cc1. The van der Waals surface area contributed by atoms with E-state index in [1.54, 1.807) is 0 Å². The van der Waals surface area contributed by atoms with Gasteiger partial charge in [0.15, 0.2) is 0 Å². The molecule has 5 rings (SSSR count). The Kier molecular flexibility index (Phi) is 7.70. The summed E-state index contributed by atoms with van der Waals surface area (Å²) in [5.41, 5.74) is 3.35. The topological polar surface area (TPSA) is 206 Å². The van der Waals surface area contributed by atoms with Gasteiger partial charge in [0.2, 0.25) is 0 Å². The summed E-state index contributed by atoms with van der Waals surface area (Å²) < 4.78 is 9.09. The van der Waals surface area contributed by atoms with E-state index < -0.39 is 17.2 Å². The monoisotopic (exact) mass is 525 g/mol. The molecule has 14 heteroatoms. The van der Waals surface area contributed by atoms with E-state index in [9.17, 15) is 24.5 Å². The molecule has 14 nitrogen and oxygen atoms in total. The van der Waals surface area contributed by atoms with Gasteiger partial charge in [-0.2, -0.15) is 5.10 Å². The van der Waals surface area contributed by atoms with Gasteiger partial charge in [0, 0.05) is 41.9 Å². The lowest BCUT2D eigenvalue weighted by molar-refractivity contribution is -0.384. The zero-order valence-corrected chi connectivity index (χ0v) is 19.7. The Bertz CT molecular complexity index is 1360. The third-order valence-corrected chi connectivity index (χ3v) is 5.99. The first-order valence-corrected chi connectivity index (χ1v) is 11.5. The maximum absolute atomic E-state index is 11.6. The summed E-state index contributed by atoms with van der Waals surface area (Å²) >= 11 is 0. The Morgan fingerprint density at radius 2 is 1.84 bits per heavy atom. The van der Waals surface area contributed by atoms with E-state index in [1.165, 1.54) is 12.1 Å². The highest BCUT2D eigenvalue weighted by atomic mass is 16.7. The Morgan fingerprint density at radius 1 is 1.08 bits per heavy atom. The second-order valence-corrected chi connectivity index (χ2v) is 8.52. The van der Waals surface area contributed by atoms with E-state index in [0.717, 1.165) is 47.7 Å². The number of fused-ring (bicyclic) bond motifs is 1. The molecule has 0 bridgehead atoms. The van der Waals surface area contributed by atoms with Crippen LogP contribution in [0.4, 0.5) is 26.8 Å². The van der Waals surface area contributed by atoms with E-state index in [-0.39, 0.29) is 29.4 Å². The van der Waals surface area contributed by atoms with Crippen molar-refractivity contribution in [2.45, 2.75) is 37.8 Å². The highest BCUT2D eigenvalue weighted by molar-refractivity contribution is 5.98. The fourth-order valence-corrected chi connectivity index (χ4v) is 4.27. The second-order valence-electron chi connectivity index (χ2n) is 8.52. The van der Waals surface area contributed by atoms with Gasteiger partial charge in [0.25, 0.3) is 11.6 Å². The zero-order valence-electron chi connectivity index (χ0n) is 19.7. The largest absolute Gasteiger partial charge is 0.511 e. The van der Waals surface area contributed by atoms with Gasteiger partial charge in [-0.05, 0) is 55.2 Å². The molecule has 1 aliphatic carbocycles. The molecule has 198 valence electrons. The Labute approximate surface area is 214 Å². The average molecular weight is 525 g/mol. The van der Waals surface area contributed by atoms with E-state index >= 15 is 0 Å². The molecule has 0 radical (unpaired) electrons. The number of hydrogen-bond donors (Lipinski definition) is 5. The summed E-state index contributed by atoms with van der Waals surface area (Å²) in [6, 6.07) is 12.3. The van der Waals surface area contributed by atoms with E-state index in [4.69, 9.17) is 14.9 Å². The molecular formula is C24H23N5O9. The van der Waals surface area contributed by atoms with Crippen molar-refractivity contribution in [2.75, 3.05) is 5.32 Å². The smallest absolute Gasteiger partial charge is 0.450 e. The van der Waals surface area contributed by atoms with Crippen LogP contribution in [0.25, 0.3) is 0 Å². The molecule has 1 saturated carbocycles. The van der Waals surface area contributed by atoms with Crippen LogP contribution in [0.3, 0.4) is 0 Å². The number of ether oxygens (including phenoxy) is 2. The first-order chi connectivity index (χ1) is 18.2. The summed E-state index contributed by atoms with van der Waals surface area (Å²) in [6.45, 7) is 0.547. The molecule has 2 aliphatic rings. The third kappa shape index (κ3) is 6.54. The molecule has 1 aromatic heterocycles. The fraction of sp³-hybridized carbons (Fsp3) is 0.250. The van der Waals surface area contributed by atoms with Gasteiger partial charge in [-0.15, -0.1) is 0 Å². The van der Waals surface area contributed by atoms with Crippen molar-refractivity contribution in [1.29, 1.82) is 0 Å². The van der Waals surface area contributed by atoms with Crippen LogP contribution in [-0.2, 0) is 11.3 Å². The molecule has 5 N–H and O–H groups in total. The number of H-pyrrole nitrogens is 1. The summed E-state index contributed by atoms with van der Waals surface area (Å²) in [5.74, 6) is 0.968. The van der Waals surface area contributed by atoms with Gasteiger partial charge >= 0.3 is 12.3 Å². The molecular weight excluding hydrogens is 502 g/mol. The number of rotatable bonds is 6. The number of aromatic nitrogens is 2. The van der Waals surface area contributed by atoms with Gasteiger partial charge in [-0.3, -0.25) is 20.0 Å². The predicted molar refractivity (Wildman–Crippen MR) is 131 cm³/mol.